The topological polar surface area (TPSA) is 98.3 Å². The number of benzene rings is 2. The molecule has 0 aliphatic rings. The Morgan fingerprint density at radius 3 is 2.43 bits per heavy atom. The Morgan fingerprint density at radius 1 is 1.24 bits per heavy atom. The summed E-state index contributed by atoms with van der Waals surface area (Å²) in [5, 5.41) is 13.9. The molecule has 1 amide bonds. The van der Waals surface area contributed by atoms with Crippen LogP contribution in [0, 0.1) is 10.1 Å². The van der Waals surface area contributed by atoms with Crippen molar-refractivity contribution in [2.75, 3.05) is 5.32 Å². The smallest absolute Gasteiger partial charge is 0.283 e. The number of nitrogens with two attached hydrogens (primary N) is 1. The zero-order valence-corrected chi connectivity index (χ0v) is 12.5. The third-order valence-corrected chi connectivity index (χ3v) is 3.51. The molecule has 0 bridgehead atoms. The largest absolute Gasteiger partial charge is 0.381 e. The highest BCUT2D eigenvalue weighted by Crippen LogP contribution is 2.27. The maximum absolute atomic E-state index is 11.0. The minimum atomic E-state index is -0.464. The molecule has 6 nitrogen and oxygen atoms in total. The Kier molecular flexibility index (Phi) is 4.54. The van der Waals surface area contributed by atoms with Gasteiger partial charge in [-0.05, 0) is 45.8 Å². The van der Waals surface area contributed by atoms with Gasteiger partial charge in [0.1, 0.15) is 0 Å². The van der Waals surface area contributed by atoms with Gasteiger partial charge in [0.2, 0.25) is 5.91 Å². The van der Waals surface area contributed by atoms with Gasteiger partial charge in [-0.2, -0.15) is 0 Å². The highest BCUT2D eigenvalue weighted by atomic mass is 79.9. The van der Waals surface area contributed by atoms with Crippen molar-refractivity contribution in [1.82, 2.24) is 0 Å². The molecule has 3 N–H and O–H groups in total. The maximum atomic E-state index is 11.0. The number of carbonyl (C=O) groups is 1. The van der Waals surface area contributed by atoms with Crippen LogP contribution >= 0.6 is 15.9 Å². The van der Waals surface area contributed by atoms with Crippen LogP contribution in [-0.4, -0.2) is 10.8 Å². The zero-order chi connectivity index (χ0) is 15.4. The number of nitro groups is 1. The number of rotatable bonds is 5. The van der Waals surface area contributed by atoms with Crippen molar-refractivity contribution >= 4 is 33.2 Å². The molecule has 0 aliphatic heterocycles. The first-order valence-corrected chi connectivity index (χ1v) is 6.83. The third-order valence-electron chi connectivity index (χ3n) is 2.88. The molecule has 0 unspecified atom stereocenters. The summed E-state index contributed by atoms with van der Waals surface area (Å²) < 4.78 is 0.418. The average Bonchev–Trinajstić information content (AvgIpc) is 2.45. The molecule has 0 radical (unpaired) electrons. The van der Waals surface area contributed by atoms with Gasteiger partial charge in [0.25, 0.3) is 5.69 Å². The van der Waals surface area contributed by atoms with Crippen LogP contribution < -0.4 is 11.1 Å². The Morgan fingerprint density at radius 2 is 1.90 bits per heavy atom. The number of primary amides is 1. The van der Waals surface area contributed by atoms with E-state index in [4.69, 9.17) is 5.73 Å². The average molecular weight is 350 g/mol. The number of carbonyl (C=O) groups excluding carboxylic acids is 1. The quantitative estimate of drug-likeness (QED) is 0.640. The van der Waals surface area contributed by atoms with E-state index in [0.29, 0.717) is 16.6 Å². The van der Waals surface area contributed by atoms with Gasteiger partial charge in [-0.25, -0.2) is 0 Å². The summed E-state index contributed by atoms with van der Waals surface area (Å²) in [4.78, 5) is 21.2. The highest BCUT2D eigenvalue weighted by Gasteiger charge is 2.11. The van der Waals surface area contributed by atoms with E-state index in [0.717, 1.165) is 11.3 Å². The molecule has 0 atom stereocenters. The van der Waals surface area contributed by atoms with E-state index in [2.05, 4.69) is 21.2 Å². The summed E-state index contributed by atoms with van der Waals surface area (Å²) in [5.41, 5.74) is 7.37. The van der Waals surface area contributed by atoms with Crippen molar-refractivity contribution in [2.24, 2.45) is 5.73 Å². The van der Waals surface area contributed by atoms with Gasteiger partial charge in [0.05, 0.1) is 9.40 Å². The monoisotopic (exact) mass is 349 g/mol. The number of nitro benzene ring substituents is 1. The van der Waals surface area contributed by atoms with E-state index in [9.17, 15) is 14.9 Å². The molecule has 0 spiro atoms. The van der Waals surface area contributed by atoms with Crippen molar-refractivity contribution in [3.8, 4) is 0 Å². The van der Waals surface area contributed by atoms with Gasteiger partial charge < -0.3 is 11.1 Å². The van der Waals surface area contributed by atoms with Crippen molar-refractivity contribution in [3.05, 3.63) is 68.2 Å². The molecule has 21 heavy (non-hydrogen) atoms. The summed E-state index contributed by atoms with van der Waals surface area (Å²) in [6.07, 6.45) is 0. The second kappa shape index (κ2) is 6.36. The predicted molar refractivity (Wildman–Crippen MR) is 83.1 cm³/mol. The van der Waals surface area contributed by atoms with Crippen LogP contribution in [0.1, 0.15) is 15.9 Å². The normalized spacial score (nSPS) is 10.1. The van der Waals surface area contributed by atoms with Crippen molar-refractivity contribution in [2.45, 2.75) is 6.54 Å². The lowest BCUT2D eigenvalue weighted by atomic mass is 10.1. The summed E-state index contributed by atoms with van der Waals surface area (Å²) in [6, 6.07) is 11.6. The first kappa shape index (κ1) is 15.0. The molecule has 0 saturated heterocycles. The van der Waals surface area contributed by atoms with Gasteiger partial charge in [0.15, 0.2) is 0 Å². The van der Waals surface area contributed by atoms with Crippen LogP contribution in [0.2, 0.25) is 0 Å². The first-order chi connectivity index (χ1) is 9.97. The Bertz CT molecular complexity index is 686. The fourth-order valence-corrected chi connectivity index (χ4v) is 2.28. The molecule has 0 aromatic heterocycles. The molecule has 2 aromatic carbocycles. The van der Waals surface area contributed by atoms with Crippen LogP contribution in [-0.2, 0) is 6.54 Å². The third kappa shape index (κ3) is 3.79. The van der Waals surface area contributed by atoms with Gasteiger partial charge in [-0.3, -0.25) is 14.9 Å². The van der Waals surface area contributed by atoms with E-state index in [1.807, 2.05) is 0 Å². The standard InChI is InChI=1S/C14H12BrN3O3/c15-12-7-11(5-6-13(12)18(20)21)17-8-9-1-3-10(4-2-9)14(16)19/h1-7,17H,8H2,(H2,16,19). The minimum Gasteiger partial charge on any atom is -0.381 e. The van der Waals surface area contributed by atoms with E-state index < -0.39 is 10.8 Å². The molecule has 2 aromatic rings. The van der Waals surface area contributed by atoms with Crippen LogP contribution in [0.3, 0.4) is 0 Å². The number of nitrogens with zero attached hydrogens (tertiary/aromatic N) is 1. The predicted octanol–water partition coefficient (Wildman–Crippen LogP) is 3.07. The Labute approximate surface area is 129 Å². The fraction of sp³-hybridized carbons (Fsp3) is 0.0714. The molecule has 0 aliphatic carbocycles. The number of halogens is 1. The zero-order valence-electron chi connectivity index (χ0n) is 10.9. The van der Waals surface area contributed by atoms with Crippen molar-refractivity contribution in [1.29, 1.82) is 0 Å². The summed E-state index contributed by atoms with van der Waals surface area (Å²) in [6.45, 7) is 0.531. The van der Waals surface area contributed by atoms with Gasteiger partial charge >= 0.3 is 0 Å². The van der Waals surface area contributed by atoms with E-state index in [1.165, 1.54) is 6.07 Å². The van der Waals surface area contributed by atoms with E-state index in [-0.39, 0.29) is 5.69 Å². The number of anilines is 1. The van der Waals surface area contributed by atoms with E-state index >= 15 is 0 Å². The Hall–Kier alpha value is -2.41. The van der Waals surface area contributed by atoms with Crippen molar-refractivity contribution < 1.29 is 9.72 Å². The Balaban J connectivity index is 2.04. The first-order valence-electron chi connectivity index (χ1n) is 6.04. The second-order valence-corrected chi connectivity index (χ2v) is 5.19. The van der Waals surface area contributed by atoms with Crippen LogP contribution in [0.4, 0.5) is 11.4 Å². The number of hydrogen-bond acceptors (Lipinski definition) is 4. The molecule has 0 fully saturated rings. The lowest BCUT2D eigenvalue weighted by Gasteiger charge is -2.07. The van der Waals surface area contributed by atoms with Crippen LogP contribution in [0.25, 0.3) is 0 Å². The maximum Gasteiger partial charge on any atom is 0.283 e. The van der Waals surface area contributed by atoms with E-state index in [1.54, 1.807) is 36.4 Å². The summed E-state index contributed by atoms with van der Waals surface area (Å²) in [5.74, 6) is -0.464. The van der Waals surface area contributed by atoms with Crippen LogP contribution in [0.15, 0.2) is 46.9 Å². The summed E-state index contributed by atoms with van der Waals surface area (Å²) in [7, 11) is 0. The van der Waals surface area contributed by atoms with Crippen molar-refractivity contribution in [3.63, 3.8) is 0 Å². The molecule has 0 saturated carbocycles. The fourth-order valence-electron chi connectivity index (χ4n) is 1.76. The lowest BCUT2D eigenvalue weighted by molar-refractivity contribution is -0.385. The number of nitrogens with one attached hydrogen (secondary N) is 1. The molecule has 108 valence electrons. The number of amides is 1. The second-order valence-electron chi connectivity index (χ2n) is 4.34. The van der Waals surface area contributed by atoms with Gasteiger partial charge in [-0.1, -0.05) is 12.1 Å². The van der Waals surface area contributed by atoms with Crippen LogP contribution in [0.5, 0.6) is 0 Å². The summed E-state index contributed by atoms with van der Waals surface area (Å²) >= 11 is 3.17. The molecular weight excluding hydrogens is 338 g/mol. The molecular formula is C14H12BrN3O3. The molecule has 7 heteroatoms. The van der Waals surface area contributed by atoms with Gasteiger partial charge in [0, 0.05) is 23.9 Å². The highest BCUT2D eigenvalue weighted by molar-refractivity contribution is 9.10. The molecule has 2 rings (SSSR count). The minimum absolute atomic E-state index is 0.0198. The SMILES string of the molecule is NC(=O)c1ccc(CNc2ccc([N+](=O)[O-])c(Br)c2)cc1. The molecule has 0 heterocycles. The number of hydrogen-bond donors (Lipinski definition) is 2. The lowest BCUT2D eigenvalue weighted by Crippen LogP contribution is -2.10. The van der Waals surface area contributed by atoms with Gasteiger partial charge in [-0.15, -0.1) is 0 Å².